The zero-order valence-electron chi connectivity index (χ0n) is 51.2. The first-order chi connectivity index (χ1) is 38.5. The largest absolute Gasteiger partial charge is 0.462 e. The van der Waals surface area contributed by atoms with Crippen LogP contribution in [0.2, 0.25) is 0 Å². The molecule has 0 aliphatic heterocycles. The number of ether oxygens (including phenoxy) is 3. The second kappa shape index (κ2) is 65.6. The van der Waals surface area contributed by atoms with Gasteiger partial charge in [-0.3, -0.25) is 14.4 Å². The fraction of sp³-hybridized carbons (Fsp3) is 0.708. The molecule has 6 nitrogen and oxygen atoms in total. The highest BCUT2D eigenvalue weighted by Gasteiger charge is 2.19. The van der Waals surface area contributed by atoms with Crippen LogP contribution in [0.3, 0.4) is 0 Å². The number of rotatable bonds is 59. The van der Waals surface area contributed by atoms with Gasteiger partial charge in [-0.1, -0.05) is 304 Å². The summed E-state index contributed by atoms with van der Waals surface area (Å²) in [7, 11) is 0. The summed E-state index contributed by atoms with van der Waals surface area (Å²) in [6, 6.07) is 0. The van der Waals surface area contributed by atoms with E-state index in [9.17, 15) is 14.4 Å². The Hall–Kier alpha value is -3.93. The van der Waals surface area contributed by atoms with Crippen molar-refractivity contribution in [1.82, 2.24) is 0 Å². The molecule has 0 saturated heterocycles. The lowest BCUT2D eigenvalue weighted by Crippen LogP contribution is -2.30. The van der Waals surface area contributed by atoms with Gasteiger partial charge < -0.3 is 14.2 Å². The second-order valence-corrected chi connectivity index (χ2v) is 21.6. The van der Waals surface area contributed by atoms with E-state index < -0.39 is 6.10 Å². The van der Waals surface area contributed by atoms with Crippen molar-refractivity contribution in [2.75, 3.05) is 13.2 Å². The number of carbonyl (C=O) groups is 3. The average molecular weight is 1080 g/mol. The standard InChI is InChI=1S/C72H122O6/c1-4-7-10-13-16-19-22-25-28-31-32-33-34-35-36-37-38-39-40-42-44-47-50-53-56-59-62-65-71(74)77-68-69(67-76-70(73)64-61-58-55-52-49-46-43-30-27-24-21-18-15-12-9-6-3)78-72(75)66-63-60-57-54-51-48-45-41-29-26-23-20-17-14-11-8-5-2/h7-8,10-11,16-17,19-20,25-26,28-29,32-33,45,48,54,57,69H,4-6,9,12-15,18,21-24,27,30-31,34-44,46-47,49-53,55-56,58-68H2,1-3H3/b10-7-,11-8-,19-16-,20-17-,28-25-,29-26-,33-32-,48-45-,57-54-. The molecular formula is C72H122O6. The van der Waals surface area contributed by atoms with E-state index in [-0.39, 0.29) is 37.5 Å². The minimum atomic E-state index is -0.808. The first kappa shape index (κ1) is 74.1. The maximum atomic E-state index is 12.9. The fourth-order valence-electron chi connectivity index (χ4n) is 9.18. The van der Waals surface area contributed by atoms with Gasteiger partial charge in [0.1, 0.15) is 13.2 Å². The number of allylic oxidation sites excluding steroid dienone is 18. The normalized spacial score (nSPS) is 12.8. The van der Waals surface area contributed by atoms with E-state index in [2.05, 4.69) is 130 Å². The van der Waals surface area contributed by atoms with Gasteiger partial charge in [0.2, 0.25) is 0 Å². The van der Waals surface area contributed by atoms with Gasteiger partial charge in [0.25, 0.3) is 0 Å². The summed E-state index contributed by atoms with van der Waals surface area (Å²) in [5.41, 5.74) is 0. The molecule has 0 spiro atoms. The van der Waals surface area contributed by atoms with E-state index >= 15 is 0 Å². The molecule has 0 bridgehead atoms. The van der Waals surface area contributed by atoms with Crippen LogP contribution >= 0.6 is 0 Å². The Kier molecular flexibility index (Phi) is 62.3. The van der Waals surface area contributed by atoms with Crippen molar-refractivity contribution in [1.29, 1.82) is 0 Å². The molecule has 0 rings (SSSR count). The van der Waals surface area contributed by atoms with Gasteiger partial charge >= 0.3 is 17.9 Å². The summed E-state index contributed by atoms with van der Waals surface area (Å²) in [5, 5.41) is 0. The Morgan fingerprint density at radius 2 is 0.513 bits per heavy atom. The molecule has 78 heavy (non-hydrogen) atoms. The molecular weight excluding hydrogens is 961 g/mol. The number of carbonyl (C=O) groups excluding carboxylic acids is 3. The van der Waals surface area contributed by atoms with Crippen molar-refractivity contribution in [3.63, 3.8) is 0 Å². The van der Waals surface area contributed by atoms with Crippen LogP contribution in [0.4, 0.5) is 0 Å². The molecule has 0 heterocycles. The zero-order valence-corrected chi connectivity index (χ0v) is 51.2. The highest BCUT2D eigenvalue weighted by molar-refractivity contribution is 5.71. The third-order valence-electron chi connectivity index (χ3n) is 14.0. The van der Waals surface area contributed by atoms with Crippen LogP contribution < -0.4 is 0 Å². The number of unbranched alkanes of at least 4 members (excludes halogenated alkanes) is 30. The van der Waals surface area contributed by atoms with Crippen LogP contribution in [-0.2, 0) is 28.6 Å². The zero-order chi connectivity index (χ0) is 56.4. The molecule has 0 saturated carbocycles. The van der Waals surface area contributed by atoms with Crippen LogP contribution in [0.25, 0.3) is 0 Å². The van der Waals surface area contributed by atoms with Gasteiger partial charge in [0.15, 0.2) is 6.10 Å². The average Bonchev–Trinajstić information content (AvgIpc) is 3.44. The van der Waals surface area contributed by atoms with E-state index in [0.717, 1.165) is 103 Å². The van der Waals surface area contributed by atoms with Gasteiger partial charge in [-0.25, -0.2) is 0 Å². The smallest absolute Gasteiger partial charge is 0.306 e. The molecule has 0 aliphatic carbocycles. The number of hydrogen-bond acceptors (Lipinski definition) is 6. The van der Waals surface area contributed by atoms with Crippen LogP contribution in [0, 0.1) is 0 Å². The van der Waals surface area contributed by atoms with E-state index in [1.807, 2.05) is 0 Å². The van der Waals surface area contributed by atoms with E-state index in [4.69, 9.17) is 14.2 Å². The lowest BCUT2D eigenvalue weighted by atomic mass is 10.0. The molecule has 0 fully saturated rings. The first-order valence-corrected chi connectivity index (χ1v) is 32.9. The minimum Gasteiger partial charge on any atom is -0.462 e. The van der Waals surface area contributed by atoms with Crippen molar-refractivity contribution in [3.05, 3.63) is 109 Å². The van der Waals surface area contributed by atoms with Crippen molar-refractivity contribution in [3.8, 4) is 0 Å². The molecule has 0 aromatic rings. The molecule has 0 N–H and O–H groups in total. The lowest BCUT2D eigenvalue weighted by molar-refractivity contribution is -0.167. The minimum absolute atomic E-state index is 0.0980. The summed E-state index contributed by atoms with van der Waals surface area (Å²) in [6.45, 7) is 6.40. The highest BCUT2D eigenvalue weighted by atomic mass is 16.6. The van der Waals surface area contributed by atoms with E-state index in [1.54, 1.807) is 0 Å². The van der Waals surface area contributed by atoms with Crippen LogP contribution in [0.15, 0.2) is 109 Å². The van der Waals surface area contributed by atoms with Crippen molar-refractivity contribution in [2.45, 2.75) is 316 Å². The molecule has 0 radical (unpaired) electrons. The summed E-state index contributed by atoms with van der Waals surface area (Å²) in [6.07, 6.45) is 89.6. The molecule has 0 aromatic heterocycles. The third-order valence-corrected chi connectivity index (χ3v) is 14.0. The molecule has 1 unspecified atom stereocenters. The molecule has 0 aliphatic rings. The maximum absolute atomic E-state index is 12.9. The molecule has 6 heteroatoms. The predicted octanol–water partition coefficient (Wildman–Crippen LogP) is 22.6. The van der Waals surface area contributed by atoms with E-state index in [0.29, 0.717) is 19.3 Å². The maximum Gasteiger partial charge on any atom is 0.306 e. The van der Waals surface area contributed by atoms with Gasteiger partial charge in [-0.2, -0.15) is 0 Å². The van der Waals surface area contributed by atoms with Gasteiger partial charge in [0.05, 0.1) is 0 Å². The van der Waals surface area contributed by atoms with Gasteiger partial charge in [0, 0.05) is 19.3 Å². The predicted molar refractivity (Wildman–Crippen MR) is 339 cm³/mol. The van der Waals surface area contributed by atoms with Crippen LogP contribution in [0.1, 0.15) is 310 Å². The first-order valence-electron chi connectivity index (χ1n) is 32.9. The summed E-state index contributed by atoms with van der Waals surface area (Å²) < 4.78 is 16.9. The van der Waals surface area contributed by atoms with Crippen LogP contribution in [0.5, 0.6) is 0 Å². The van der Waals surface area contributed by atoms with Crippen molar-refractivity contribution >= 4 is 17.9 Å². The van der Waals surface area contributed by atoms with Crippen molar-refractivity contribution < 1.29 is 28.6 Å². The Labute approximate surface area is 482 Å². The van der Waals surface area contributed by atoms with Gasteiger partial charge in [-0.05, 0) is 96.3 Å². The quantitative estimate of drug-likeness (QED) is 0.0261. The SMILES string of the molecule is CC/C=C\C/C=C\C/C=C\C/C=C\C/C=C\CCCC(=O)OC(COC(=O)CCCCCCCCCCCCCCCC/C=C\C/C=C\C/C=C\C/C=C\CC)COC(=O)CCCCCCCCCCCCCCCCCC. The summed E-state index contributed by atoms with van der Waals surface area (Å²) >= 11 is 0. The Bertz CT molecular complexity index is 1570. The van der Waals surface area contributed by atoms with Crippen molar-refractivity contribution in [2.24, 2.45) is 0 Å². The topological polar surface area (TPSA) is 78.9 Å². The highest BCUT2D eigenvalue weighted by Crippen LogP contribution is 2.17. The number of esters is 3. The Morgan fingerprint density at radius 1 is 0.269 bits per heavy atom. The monoisotopic (exact) mass is 1080 g/mol. The van der Waals surface area contributed by atoms with E-state index in [1.165, 1.54) is 161 Å². The lowest BCUT2D eigenvalue weighted by Gasteiger charge is -2.18. The summed E-state index contributed by atoms with van der Waals surface area (Å²) in [5.74, 6) is -0.946. The molecule has 446 valence electrons. The van der Waals surface area contributed by atoms with Gasteiger partial charge in [-0.15, -0.1) is 0 Å². The summed E-state index contributed by atoms with van der Waals surface area (Å²) in [4.78, 5) is 38.3. The molecule has 0 aromatic carbocycles. The third kappa shape index (κ3) is 62.9. The Balaban J connectivity index is 4.35. The number of hydrogen-bond donors (Lipinski definition) is 0. The fourth-order valence-corrected chi connectivity index (χ4v) is 9.18. The second-order valence-electron chi connectivity index (χ2n) is 21.6. The Morgan fingerprint density at radius 3 is 0.821 bits per heavy atom. The van der Waals surface area contributed by atoms with Crippen LogP contribution in [-0.4, -0.2) is 37.2 Å². The molecule has 1 atom stereocenters. The molecule has 0 amide bonds.